The van der Waals surface area contributed by atoms with E-state index in [1.807, 2.05) is 0 Å². The van der Waals surface area contributed by atoms with Gasteiger partial charge in [0.2, 0.25) is 0 Å². The lowest BCUT2D eigenvalue weighted by molar-refractivity contribution is -0.0721. The summed E-state index contributed by atoms with van der Waals surface area (Å²) in [4.78, 5) is 7.28. The first-order valence-corrected chi connectivity index (χ1v) is 11.6. The van der Waals surface area contributed by atoms with E-state index in [-0.39, 0.29) is 0 Å². The van der Waals surface area contributed by atoms with Crippen molar-refractivity contribution in [3.05, 3.63) is 35.4 Å². The first kappa shape index (κ1) is 22.1. The van der Waals surface area contributed by atoms with Gasteiger partial charge in [0.25, 0.3) is 0 Å². The van der Waals surface area contributed by atoms with E-state index in [9.17, 15) is 0 Å². The second-order valence-electron chi connectivity index (χ2n) is 8.16. The molecule has 1 aromatic carbocycles. The number of piperidine rings is 1. The van der Waals surface area contributed by atoms with Crippen LogP contribution in [0, 0.1) is 0 Å². The van der Waals surface area contributed by atoms with Crippen LogP contribution in [0.4, 0.5) is 0 Å². The van der Waals surface area contributed by atoms with Gasteiger partial charge in [-0.15, -0.1) is 0 Å². The Morgan fingerprint density at radius 1 is 1.10 bits per heavy atom. The zero-order chi connectivity index (χ0) is 20.3. The third kappa shape index (κ3) is 7.31. The summed E-state index contributed by atoms with van der Waals surface area (Å²) >= 11 is 0. The molecule has 0 aliphatic carbocycles. The molecule has 0 bridgehead atoms. The molecule has 2 aliphatic rings. The van der Waals surface area contributed by atoms with Crippen LogP contribution < -0.4 is 5.32 Å². The number of nitrogens with one attached hydrogen (secondary N) is 1. The lowest BCUT2D eigenvalue weighted by Gasteiger charge is -2.35. The number of aryl methyl sites for hydroxylation is 1. The third-order valence-corrected chi connectivity index (χ3v) is 5.96. The SMILES string of the molecule is CCNC(=NCCc1ccc(CC)cc1)N1CCC(OCC2CCCCO2)CC1. The summed E-state index contributed by atoms with van der Waals surface area (Å²) in [5.41, 5.74) is 2.75. The minimum Gasteiger partial charge on any atom is -0.376 e. The first-order valence-electron chi connectivity index (χ1n) is 11.6. The molecule has 1 unspecified atom stereocenters. The number of nitrogens with zero attached hydrogens (tertiary/aromatic N) is 2. The van der Waals surface area contributed by atoms with E-state index in [1.54, 1.807) is 0 Å². The molecule has 0 saturated carbocycles. The van der Waals surface area contributed by atoms with E-state index < -0.39 is 0 Å². The highest BCUT2D eigenvalue weighted by Gasteiger charge is 2.23. The summed E-state index contributed by atoms with van der Waals surface area (Å²) in [5.74, 6) is 1.05. The number of guanidine groups is 1. The van der Waals surface area contributed by atoms with Gasteiger partial charge in [0.1, 0.15) is 0 Å². The zero-order valence-electron chi connectivity index (χ0n) is 18.4. The fraction of sp³-hybridized carbons (Fsp3) is 0.708. The van der Waals surface area contributed by atoms with E-state index in [0.717, 1.165) is 77.5 Å². The van der Waals surface area contributed by atoms with E-state index in [2.05, 4.69) is 48.3 Å². The molecule has 0 aromatic heterocycles. The molecule has 3 rings (SSSR count). The average Bonchev–Trinajstić information content (AvgIpc) is 2.79. The van der Waals surface area contributed by atoms with Crippen molar-refractivity contribution in [1.82, 2.24) is 10.2 Å². The number of benzene rings is 1. The van der Waals surface area contributed by atoms with Gasteiger partial charge < -0.3 is 19.7 Å². The molecule has 0 amide bonds. The van der Waals surface area contributed by atoms with Crippen LogP contribution >= 0.6 is 0 Å². The number of ether oxygens (including phenoxy) is 2. The second-order valence-corrected chi connectivity index (χ2v) is 8.16. The fourth-order valence-corrected chi connectivity index (χ4v) is 4.07. The summed E-state index contributed by atoms with van der Waals surface area (Å²) in [7, 11) is 0. The summed E-state index contributed by atoms with van der Waals surface area (Å²) in [6.07, 6.45) is 8.51. The summed E-state index contributed by atoms with van der Waals surface area (Å²) in [6, 6.07) is 8.93. The Bertz CT molecular complexity index is 603. The molecule has 29 heavy (non-hydrogen) atoms. The van der Waals surface area contributed by atoms with Gasteiger partial charge in [-0.05, 0) is 63.0 Å². The molecule has 2 fully saturated rings. The molecule has 2 aliphatic heterocycles. The van der Waals surface area contributed by atoms with Crippen molar-refractivity contribution < 1.29 is 9.47 Å². The van der Waals surface area contributed by atoms with Crippen LogP contribution in [0.5, 0.6) is 0 Å². The van der Waals surface area contributed by atoms with Gasteiger partial charge in [-0.1, -0.05) is 31.2 Å². The summed E-state index contributed by atoms with van der Waals surface area (Å²) in [6.45, 7) is 9.73. The molecule has 1 aromatic rings. The standard InChI is InChI=1S/C24H39N3O2/c1-3-20-8-10-21(11-9-20)12-15-26-24(25-4-2)27-16-13-22(14-17-27)29-19-23-7-5-6-18-28-23/h8-11,22-23H,3-7,12-19H2,1-2H3,(H,25,26). The predicted molar refractivity (Wildman–Crippen MR) is 120 cm³/mol. The molecule has 2 heterocycles. The number of hydrogen-bond acceptors (Lipinski definition) is 3. The molecule has 5 heteroatoms. The van der Waals surface area contributed by atoms with Gasteiger partial charge >= 0.3 is 0 Å². The molecule has 1 atom stereocenters. The molecular weight excluding hydrogens is 362 g/mol. The molecule has 0 radical (unpaired) electrons. The van der Waals surface area contributed by atoms with Crippen molar-refractivity contribution in [3.8, 4) is 0 Å². The lowest BCUT2D eigenvalue weighted by Crippen LogP contribution is -2.47. The van der Waals surface area contributed by atoms with Crippen LogP contribution in [0.2, 0.25) is 0 Å². The Kier molecular flexibility index (Phi) is 9.29. The Morgan fingerprint density at radius 3 is 2.52 bits per heavy atom. The second kappa shape index (κ2) is 12.2. The molecular formula is C24H39N3O2. The van der Waals surface area contributed by atoms with Gasteiger partial charge in [0.15, 0.2) is 5.96 Å². The van der Waals surface area contributed by atoms with Gasteiger partial charge in [-0.25, -0.2) is 0 Å². The molecule has 1 N–H and O–H groups in total. The normalized spacial score (nSPS) is 21.4. The van der Waals surface area contributed by atoms with Crippen molar-refractivity contribution in [1.29, 1.82) is 0 Å². The first-order chi connectivity index (χ1) is 14.3. The van der Waals surface area contributed by atoms with Crippen LogP contribution in [0.25, 0.3) is 0 Å². The Labute approximate surface area is 176 Å². The Balaban J connectivity index is 1.42. The van der Waals surface area contributed by atoms with E-state index in [0.29, 0.717) is 12.2 Å². The van der Waals surface area contributed by atoms with Crippen LogP contribution in [0.1, 0.15) is 57.1 Å². The molecule has 0 spiro atoms. The van der Waals surface area contributed by atoms with E-state index in [1.165, 1.54) is 24.0 Å². The number of likely N-dealkylation sites (tertiary alicyclic amines) is 1. The highest BCUT2D eigenvalue weighted by Crippen LogP contribution is 2.18. The number of rotatable bonds is 8. The molecule has 2 saturated heterocycles. The monoisotopic (exact) mass is 401 g/mol. The van der Waals surface area contributed by atoms with Crippen molar-refractivity contribution in [2.75, 3.05) is 39.4 Å². The molecule has 162 valence electrons. The van der Waals surface area contributed by atoms with Gasteiger partial charge in [-0.2, -0.15) is 0 Å². The summed E-state index contributed by atoms with van der Waals surface area (Å²) < 4.78 is 11.9. The van der Waals surface area contributed by atoms with Crippen molar-refractivity contribution >= 4 is 5.96 Å². The Hall–Kier alpha value is -1.59. The van der Waals surface area contributed by atoms with Crippen molar-refractivity contribution in [3.63, 3.8) is 0 Å². The van der Waals surface area contributed by atoms with Gasteiger partial charge in [0.05, 0.1) is 18.8 Å². The lowest BCUT2D eigenvalue weighted by atomic mass is 10.1. The minimum atomic E-state index is 0.312. The van der Waals surface area contributed by atoms with E-state index in [4.69, 9.17) is 14.5 Å². The minimum absolute atomic E-state index is 0.312. The van der Waals surface area contributed by atoms with Crippen molar-refractivity contribution in [2.24, 2.45) is 4.99 Å². The predicted octanol–water partition coefficient (Wildman–Crippen LogP) is 3.81. The quantitative estimate of drug-likeness (QED) is 0.532. The van der Waals surface area contributed by atoms with Crippen LogP contribution in [0.3, 0.4) is 0 Å². The largest absolute Gasteiger partial charge is 0.376 e. The highest BCUT2D eigenvalue weighted by molar-refractivity contribution is 5.80. The van der Waals surface area contributed by atoms with Gasteiger partial charge in [0, 0.05) is 32.8 Å². The average molecular weight is 402 g/mol. The summed E-state index contributed by atoms with van der Waals surface area (Å²) in [5, 5.41) is 3.47. The topological polar surface area (TPSA) is 46.1 Å². The Morgan fingerprint density at radius 2 is 1.86 bits per heavy atom. The van der Waals surface area contributed by atoms with Crippen LogP contribution in [-0.4, -0.2) is 62.5 Å². The van der Waals surface area contributed by atoms with Gasteiger partial charge in [-0.3, -0.25) is 4.99 Å². The number of hydrogen-bond donors (Lipinski definition) is 1. The maximum Gasteiger partial charge on any atom is 0.193 e. The maximum atomic E-state index is 6.16. The fourth-order valence-electron chi connectivity index (χ4n) is 4.07. The highest BCUT2D eigenvalue weighted by atomic mass is 16.5. The van der Waals surface area contributed by atoms with Crippen LogP contribution in [0.15, 0.2) is 29.3 Å². The van der Waals surface area contributed by atoms with Crippen molar-refractivity contribution in [2.45, 2.75) is 71.0 Å². The van der Waals surface area contributed by atoms with Crippen LogP contribution in [-0.2, 0) is 22.3 Å². The zero-order valence-corrected chi connectivity index (χ0v) is 18.4. The third-order valence-electron chi connectivity index (χ3n) is 5.96. The number of aliphatic imine (C=N–C) groups is 1. The smallest absolute Gasteiger partial charge is 0.193 e. The van der Waals surface area contributed by atoms with E-state index >= 15 is 0 Å². The maximum absolute atomic E-state index is 6.16. The molecule has 5 nitrogen and oxygen atoms in total.